The van der Waals surface area contributed by atoms with Crippen LogP contribution in [0.1, 0.15) is 64.6 Å². The Hall–Kier alpha value is -0.940. The van der Waals surface area contributed by atoms with Crippen LogP contribution >= 0.6 is 0 Å². The summed E-state index contributed by atoms with van der Waals surface area (Å²) < 4.78 is 8.35. The van der Waals surface area contributed by atoms with Gasteiger partial charge in [-0.15, -0.1) is 0 Å². The fourth-order valence-electron chi connectivity index (χ4n) is 3.59. The maximum absolute atomic E-state index is 6.40. The maximum Gasteiger partial charge on any atom is 0.164 e. The van der Waals surface area contributed by atoms with Crippen molar-refractivity contribution in [2.75, 3.05) is 0 Å². The van der Waals surface area contributed by atoms with Gasteiger partial charge in [0.15, 0.2) is 5.82 Å². The highest BCUT2D eigenvalue weighted by molar-refractivity contribution is 4.91. The van der Waals surface area contributed by atoms with Crippen molar-refractivity contribution >= 4 is 0 Å². The topological polar surface area (TPSA) is 52.0 Å². The second-order valence-electron chi connectivity index (χ2n) is 6.94. The fraction of sp³-hybridized carbons (Fsp3) is 0.875. The molecule has 1 unspecified atom stereocenters. The van der Waals surface area contributed by atoms with Crippen LogP contribution in [-0.4, -0.2) is 32.5 Å². The third-order valence-electron chi connectivity index (χ3n) is 4.75. The van der Waals surface area contributed by atoms with E-state index in [0.717, 1.165) is 18.9 Å². The molecule has 1 aromatic heterocycles. The Morgan fingerprint density at radius 1 is 1.33 bits per heavy atom. The summed E-state index contributed by atoms with van der Waals surface area (Å²) in [6.07, 6.45) is 11.1. The number of hydrogen-bond acceptors (Lipinski definition) is 4. The van der Waals surface area contributed by atoms with Gasteiger partial charge in [0.25, 0.3) is 0 Å². The zero-order valence-electron chi connectivity index (χ0n) is 13.3. The van der Waals surface area contributed by atoms with E-state index in [9.17, 15) is 0 Å². The summed E-state index contributed by atoms with van der Waals surface area (Å²) in [4.78, 5) is 4.37. The van der Waals surface area contributed by atoms with E-state index in [1.165, 1.54) is 44.9 Å². The molecule has 1 spiro atoms. The second-order valence-corrected chi connectivity index (χ2v) is 6.94. The van der Waals surface area contributed by atoms with E-state index >= 15 is 0 Å². The first kappa shape index (κ1) is 15.0. The molecule has 0 aromatic carbocycles. The van der Waals surface area contributed by atoms with Crippen LogP contribution in [0, 0.1) is 0 Å². The molecule has 1 N–H and O–H groups in total. The molecule has 21 heavy (non-hydrogen) atoms. The van der Waals surface area contributed by atoms with Crippen LogP contribution in [0.4, 0.5) is 0 Å². The summed E-state index contributed by atoms with van der Waals surface area (Å²) in [5.74, 6) is 0.870. The quantitative estimate of drug-likeness (QED) is 0.906. The number of ether oxygens (including phenoxy) is 1. The molecule has 2 heterocycles. The lowest BCUT2D eigenvalue weighted by molar-refractivity contribution is -0.0688. The third-order valence-corrected chi connectivity index (χ3v) is 4.75. The molecule has 5 heteroatoms. The molecule has 1 aliphatic carbocycles. The largest absolute Gasteiger partial charge is 0.370 e. The van der Waals surface area contributed by atoms with Crippen molar-refractivity contribution in [2.24, 2.45) is 0 Å². The lowest BCUT2D eigenvalue weighted by Crippen LogP contribution is -2.32. The molecule has 0 radical (unpaired) electrons. The molecular formula is C16H28N4O. The van der Waals surface area contributed by atoms with Crippen molar-refractivity contribution in [3.63, 3.8) is 0 Å². The summed E-state index contributed by atoms with van der Waals surface area (Å²) in [6, 6.07) is 0.460. The van der Waals surface area contributed by atoms with Gasteiger partial charge < -0.3 is 10.1 Å². The van der Waals surface area contributed by atoms with E-state index in [-0.39, 0.29) is 5.60 Å². The molecule has 118 valence electrons. The van der Waals surface area contributed by atoms with Gasteiger partial charge in [0.1, 0.15) is 6.33 Å². The Morgan fingerprint density at radius 3 is 2.90 bits per heavy atom. The van der Waals surface area contributed by atoms with Gasteiger partial charge in [-0.1, -0.05) is 33.1 Å². The predicted octanol–water partition coefficient (Wildman–Crippen LogP) is 2.66. The Kier molecular flexibility index (Phi) is 4.60. The van der Waals surface area contributed by atoms with Crippen molar-refractivity contribution in [1.82, 2.24) is 20.1 Å². The van der Waals surface area contributed by atoms with E-state index in [2.05, 4.69) is 29.2 Å². The van der Waals surface area contributed by atoms with Crippen LogP contribution < -0.4 is 5.32 Å². The molecule has 0 bridgehead atoms. The molecule has 1 aromatic rings. The summed E-state index contributed by atoms with van der Waals surface area (Å²) in [5.41, 5.74) is 0.200. The Bertz CT molecular complexity index is 451. The van der Waals surface area contributed by atoms with Crippen molar-refractivity contribution in [3.8, 4) is 0 Å². The van der Waals surface area contributed by atoms with Crippen LogP contribution in [0.15, 0.2) is 6.33 Å². The van der Waals surface area contributed by atoms with E-state index < -0.39 is 0 Å². The average molecular weight is 292 g/mol. The van der Waals surface area contributed by atoms with Gasteiger partial charge in [0.2, 0.25) is 0 Å². The lowest BCUT2D eigenvalue weighted by atomic mass is 9.83. The van der Waals surface area contributed by atoms with Gasteiger partial charge >= 0.3 is 0 Å². The first-order valence-corrected chi connectivity index (χ1v) is 8.45. The minimum atomic E-state index is 0.200. The number of rotatable bonds is 5. The van der Waals surface area contributed by atoms with Crippen LogP contribution in [-0.2, 0) is 17.8 Å². The second kappa shape index (κ2) is 6.44. The minimum absolute atomic E-state index is 0.200. The number of hydrogen-bond donors (Lipinski definition) is 1. The van der Waals surface area contributed by atoms with Gasteiger partial charge in [-0.25, -0.2) is 4.98 Å². The van der Waals surface area contributed by atoms with Gasteiger partial charge in [-0.05, 0) is 25.7 Å². The van der Waals surface area contributed by atoms with Gasteiger partial charge in [0.05, 0.1) is 24.8 Å². The normalized spacial score (nSPS) is 25.0. The first-order chi connectivity index (χ1) is 10.2. The average Bonchev–Trinajstić information content (AvgIpc) is 3.06. The number of nitrogens with zero attached hydrogens (tertiary/aromatic N) is 3. The van der Waals surface area contributed by atoms with Gasteiger partial charge in [-0.3, -0.25) is 4.68 Å². The molecule has 1 saturated heterocycles. The highest BCUT2D eigenvalue weighted by Crippen LogP contribution is 2.42. The SMILES string of the molecule is CC(C)NCc1ncn(CC2CCC3(CCCCC3)O2)n1. The highest BCUT2D eigenvalue weighted by Gasteiger charge is 2.40. The summed E-state index contributed by atoms with van der Waals surface area (Å²) in [5, 5.41) is 7.89. The molecule has 0 amide bonds. The standard InChI is InChI=1S/C16H28N4O/c1-13(2)17-10-15-18-12-20(19-15)11-14-6-9-16(21-14)7-4-3-5-8-16/h12-14,17H,3-11H2,1-2H3. The van der Waals surface area contributed by atoms with Gasteiger partial charge in [0, 0.05) is 6.04 Å². The molecular weight excluding hydrogens is 264 g/mol. The molecule has 1 atom stereocenters. The number of aromatic nitrogens is 3. The molecule has 2 aliphatic rings. The highest BCUT2D eigenvalue weighted by atomic mass is 16.5. The molecule has 2 fully saturated rings. The number of nitrogens with one attached hydrogen (secondary N) is 1. The third kappa shape index (κ3) is 3.83. The summed E-state index contributed by atoms with van der Waals surface area (Å²) in [7, 11) is 0. The van der Waals surface area contributed by atoms with E-state index in [1.807, 2.05) is 11.0 Å². The van der Waals surface area contributed by atoms with Crippen LogP contribution in [0.25, 0.3) is 0 Å². The predicted molar refractivity (Wildman–Crippen MR) is 81.9 cm³/mol. The maximum atomic E-state index is 6.40. The summed E-state index contributed by atoms with van der Waals surface area (Å²) in [6.45, 7) is 5.84. The van der Waals surface area contributed by atoms with Crippen molar-refractivity contribution in [2.45, 2.75) is 89.6 Å². The first-order valence-electron chi connectivity index (χ1n) is 8.45. The van der Waals surface area contributed by atoms with Gasteiger partial charge in [-0.2, -0.15) is 5.10 Å². The molecule has 1 saturated carbocycles. The minimum Gasteiger partial charge on any atom is -0.370 e. The zero-order valence-corrected chi connectivity index (χ0v) is 13.3. The monoisotopic (exact) mass is 292 g/mol. The van der Waals surface area contributed by atoms with Crippen molar-refractivity contribution < 1.29 is 4.74 Å². The van der Waals surface area contributed by atoms with E-state index in [4.69, 9.17) is 4.74 Å². The Labute approximate surface area is 127 Å². The van der Waals surface area contributed by atoms with E-state index in [1.54, 1.807) is 0 Å². The zero-order chi connectivity index (χ0) is 14.7. The lowest BCUT2D eigenvalue weighted by Gasteiger charge is -2.33. The van der Waals surface area contributed by atoms with Crippen LogP contribution in [0.2, 0.25) is 0 Å². The Morgan fingerprint density at radius 2 is 2.14 bits per heavy atom. The smallest absolute Gasteiger partial charge is 0.164 e. The molecule has 1 aliphatic heterocycles. The summed E-state index contributed by atoms with van der Waals surface area (Å²) >= 11 is 0. The van der Waals surface area contributed by atoms with Crippen LogP contribution in [0.5, 0.6) is 0 Å². The van der Waals surface area contributed by atoms with E-state index in [0.29, 0.717) is 12.1 Å². The van der Waals surface area contributed by atoms with Crippen LogP contribution in [0.3, 0.4) is 0 Å². The van der Waals surface area contributed by atoms with Crippen molar-refractivity contribution in [1.29, 1.82) is 0 Å². The molecule has 3 rings (SSSR count). The van der Waals surface area contributed by atoms with Crippen molar-refractivity contribution in [3.05, 3.63) is 12.2 Å². The Balaban J connectivity index is 1.51. The fourth-order valence-corrected chi connectivity index (χ4v) is 3.59. The molecule has 5 nitrogen and oxygen atoms in total.